The lowest BCUT2D eigenvalue weighted by molar-refractivity contribution is 0.132. The standard InChI is InChI=1S/C16H28N2S/c1-3-7-15(16-9-6-12-19-16)18-11-5-8-14(13-18)17-10-4-2/h6,9,12,14-15,17H,3-5,7-8,10-11,13H2,1-2H3. The second-order valence-corrected chi connectivity index (χ2v) is 6.59. The number of nitrogens with one attached hydrogen (secondary N) is 1. The van der Waals surface area contributed by atoms with Crippen LogP contribution in [0.2, 0.25) is 0 Å². The van der Waals surface area contributed by atoms with Crippen LogP contribution in [0.15, 0.2) is 17.5 Å². The molecule has 0 saturated carbocycles. The second-order valence-electron chi connectivity index (χ2n) is 5.61. The van der Waals surface area contributed by atoms with Gasteiger partial charge in [0.05, 0.1) is 0 Å². The van der Waals surface area contributed by atoms with Gasteiger partial charge in [-0.25, -0.2) is 0 Å². The molecule has 2 heterocycles. The van der Waals surface area contributed by atoms with Gasteiger partial charge in [-0.1, -0.05) is 26.3 Å². The molecule has 0 spiro atoms. The fourth-order valence-electron chi connectivity index (χ4n) is 3.06. The molecule has 1 N–H and O–H groups in total. The van der Waals surface area contributed by atoms with Crippen LogP contribution in [0.3, 0.4) is 0 Å². The van der Waals surface area contributed by atoms with Crippen molar-refractivity contribution in [3.8, 4) is 0 Å². The maximum Gasteiger partial charge on any atom is 0.0442 e. The van der Waals surface area contributed by atoms with Crippen LogP contribution < -0.4 is 5.32 Å². The van der Waals surface area contributed by atoms with E-state index in [0.717, 1.165) is 6.54 Å². The van der Waals surface area contributed by atoms with E-state index in [1.165, 1.54) is 45.2 Å². The molecule has 0 aromatic carbocycles. The molecular formula is C16H28N2S. The minimum Gasteiger partial charge on any atom is -0.313 e. The first kappa shape index (κ1) is 15.0. The topological polar surface area (TPSA) is 15.3 Å². The Morgan fingerprint density at radius 3 is 3.00 bits per heavy atom. The van der Waals surface area contributed by atoms with Gasteiger partial charge in [-0.05, 0) is 50.2 Å². The van der Waals surface area contributed by atoms with E-state index in [1.54, 1.807) is 4.88 Å². The number of piperidine rings is 1. The van der Waals surface area contributed by atoms with E-state index in [4.69, 9.17) is 0 Å². The van der Waals surface area contributed by atoms with Crippen molar-refractivity contribution in [3.63, 3.8) is 0 Å². The summed E-state index contributed by atoms with van der Waals surface area (Å²) in [5.41, 5.74) is 0. The molecule has 1 saturated heterocycles. The Morgan fingerprint density at radius 2 is 2.32 bits per heavy atom. The van der Waals surface area contributed by atoms with Crippen LogP contribution in [0.5, 0.6) is 0 Å². The molecule has 1 aromatic heterocycles. The van der Waals surface area contributed by atoms with E-state index in [2.05, 4.69) is 41.6 Å². The molecule has 0 bridgehead atoms. The highest BCUT2D eigenvalue weighted by Gasteiger charge is 2.26. The SMILES string of the molecule is CCCNC1CCCN(C(CCC)c2cccs2)C1. The number of nitrogens with zero attached hydrogens (tertiary/aromatic N) is 1. The molecule has 2 rings (SSSR count). The van der Waals surface area contributed by atoms with Crippen LogP contribution in [0.4, 0.5) is 0 Å². The summed E-state index contributed by atoms with van der Waals surface area (Å²) < 4.78 is 0. The molecule has 2 atom stereocenters. The molecule has 2 unspecified atom stereocenters. The van der Waals surface area contributed by atoms with Crippen molar-refractivity contribution in [2.24, 2.45) is 0 Å². The van der Waals surface area contributed by atoms with Crippen LogP contribution in [0.25, 0.3) is 0 Å². The quantitative estimate of drug-likeness (QED) is 0.810. The van der Waals surface area contributed by atoms with Crippen LogP contribution >= 0.6 is 11.3 Å². The lowest BCUT2D eigenvalue weighted by Gasteiger charge is -2.38. The van der Waals surface area contributed by atoms with Gasteiger partial charge in [0.15, 0.2) is 0 Å². The summed E-state index contributed by atoms with van der Waals surface area (Å²) in [5, 5.41) is 5.92. The van der Waals surface area contributed by atoms with Crippen LogP contribution in [-0.4, -0.2) is 30.6 Å². The lowest BCUT2D eigenvalue weighted by Crippen LogP contribution is -2.47. The van der Waals surface area contributed by atoms with Crippen molar-refractivity contribution in [3.05, 3.63) is 22.4 Å². The second kappa shape index (κ2) is 8.03. The molecule has 0 aliphatic carbocycles. The van der Waals surface area contributed by atoms with E-state index in [9.17, 15) is 0 Å². The fourth-order valence-corrected chi connectivity index (χ4v) is 3.96. The minimum atomic E-state index is 0.649. The Kier molecular flexibility index (Phi) is 6.35. The third kappa shape index (κ3) is 4.30. The maximum absolute atomic E-state index is 3.71. The molecule has 1 fully saturated rings. The predicted octanol–water partition coefficient (Wildman–Crippen LogP) is 4.05. The Labute approximate surface area is 122 Å². The molecule has 0 amide bonds. The molecule has 3 heteroatoms. The van der Waals surface area contributed by atoms with Gasteiger partial charge in [0.25, 0.3) is 0 Å². The summed E-state index contributed by atoms with van der Waals surface area (Å²) in [4.78, 5) is 4.27. The summed E-state index contributed by atoms with van der Waals surface area (Å²) in [6.45, 7) is 8.21. The molecule has 108 valence electrons. The molecule has 1 aromatic rings. The summed E-state index contributed by atoms with van der Waals surface area (Å²) in [7, 11) is 0. The highest BCUT2D eigenvalue weighted by Crippen LogP contribution is 2.31. The number of hydrogen-bond acceptors (Lipinski definition) is 3. The highest BCUT2D eigenvalue weighted by atomic mass is 32.1. The van der Waals surface area contributed by atoms with Crippen molar-refractivity contribution < 1.29 is 0 Å². The zero-order valence-electron chi connectivity index (χ0n) is 12.4. The molecule has 1 aliphatic heterocycles. The Morgan fingerprint density at radius 1 is 1.42 bits per heavy atom. The first-order chi connectivity index (χ1) is 9.35. The number of likely N-dealkylation sites (tertiary alicyclic amines) is 1. The summed E-state index contributed by atoms with van der Waals surface area (Å²) in [5.74, 6) is 0. The van der Waals surface area contributed by atoms with Gasteiger partial charge in [-0.2, -0.15) is 0 Å². The third-order valence-electron chi connectivity index (χ3n) is 4.01. The number of hydrogen-bond donors (Lipinski definition) is 1. The first-order valence-corrected chi connectivity index (χ1v) is 8.74. The van der Waals surface area contributed by atoms with Crippen LogP contribution in [0, 0.1) is 0 Å². The summed E-state index contributed by atoms with van der Waals surface area (Å²) in [6.07, 6.45) is 6.49. The summed E-state index contributed by atoms with van der Waals surface area (Å²) >= 11 is 1.92. The fraction of sp³-hybridized carbons (Fsp3) is 0.750. The van der Waals surface area contributed by atoms with Crippen molar-refractivity contribution in [2.45, 2.75) is 58.0 Å². The molecule has 1 aliphatic rings. The van der Waals surface area contributed by atoms with Gasteiger partial charge in [-0.3, -0.25) is 4.90 Å². The number of thiophene rings is 1. The van der Waals surface area contributed by atoms with Gasteiger partial charge < -0.3 is 5.32 Å². The summed E-state index contributed by atoms with van der Waals surface area (Å²) in [6, 6.07) is 5.86. The van der Waals surface area contributed by atoms with E-state index in [-0.39, 0.29) is 0 Å². The average Bonchev–Trinajstić information content (AvgIpc) is 2.96. The van der Waals surface area contributed by atoms with Crippen molar-refractivity contribution >= 4 is 11.3 Å². The predicted molar refractivity (Wildman–Crippen MR) is 84.9 cm³/mol. The van der Waals surface area contributed by atoms with Gasteiger partial charge in [-0.15, -0.1) is 11.3 Å². The Balaban J connectivity index is 1.96. The molecule has 2 nitrogen and oxygen atoms in total. The molecule has 0 radical (unpaired) electrons. The first-order valence-electron chi connectivity index (χ1n) is 7.86. The van der Waals surface area contributed by atoms with Gasteiger partial charge in [0, 0.05) is 23.5 Å². The Bertz CT molecular complexity index is 337. The van der Waals surface area contributed by atoms with Crippen molar-refractivity contribution in [1.29, 1.82) is 0 Å². The largest absolute Gasteiger partial charge is 0.313 e. The van der Waals surface area contributed by atoms with Gasteiger partial charge in [0.2, 0.25) is 0 Å². The van der Waals surface area contributed by atoms with Crippen molar-refractivity contribution in [2.75, 3.05) is 19.6 Å². The van der Waals surface area contributed by atoms with E-state index in [0.29, 0.717) is 12.1 Å². The van der Waals surface area contributed by atoms with E-state index < -0.39 is 0 Å². The minimum absolute atomic E-state index is 0.649. The number of rotatable bonds is 7. The normalized spacial score (nSPS) is 22.5. The molecule has 19 heavy (non-hydrogen) atoms. The highest BCUT2D eigenvalue weighted by molar-refractivity contribution is 7.10. The Hall–Kier alpha value is -0.380. The molecular weight excluding hydrogens is 252 g/mol. The lowest BCUT2D eigenvalue weighted by atomic mass is 10.0. The monoisotopic (exact) mass is 280 g/mol. The third-order valence-corrected chi connectivity index (χ3v) is 4.98. The van der Waals surface area contributed by atoms with Gasteiger partial charge >= 0.3 is 0 Å². The van der Waals surface area contributed by atoms with Gasteiger partial charge in [0.1, 0.15) is 0 Å². The van der Waals surface area contributed by atoms with E-state index >= 15 is 0 Å². The van der Waals surface area contributed by atoms with Crippen LogP contribution in [0.1, 0.15) is 56.9 Å². The smallest absolute Gasteiger partial charge is 0.0442 e. The van der Waals surface area contributed by atoms with Crippen LogP contribution in [-0.2, 0) is 0 Å². The average molecular weight is 280 g/mol. The zero-order chi connectivity index (χ0) is 13.5. The maximum atomic E-state index is 3.71. The van der Waals surface area contributed by atoms with Crippen molar-refractivity contribution in [1.82, 2.24) is 10.2 Å². The van der Waals surface area contributed by atoms with E-state index in [1.807, 2.05) is 11.3 Å². The zero-order valence-corrected chi connectivity index (χ0v) is 13.2.